The molecular weight excluding hydrogens is 262 g/mol. The number of carbonyl (C=O) groups excluding carboxylic acids is 1. The molecule has 0 saturated carbocycles. The third-order valence-corrected chi connectivity index (χ3v) is 4.72. The summed E-state index contributed by atoms with van der Waals surface area (Å²) in [5.41, 5.74) is 4.06. The van der Waals surface area contributed by atoms with Crippen molar-refractivity contribution in [1.29, 1.82) is 0 Å². The van der Waals surface area contributed by atoms with Crippen LogP contribution in [0.15, 0.2) is 35.5 Å². The van der Waals surface area contributed by atoms with Crippen molar-refractivity contribution in [2.75, 3.05) is 7.11 Å². The Bertz CT molecular complexity index is 559. The van der Waals surface area contributed by atoms with Gasteiger partial charge in [-0.1, -0.05) is 19.1 Å². The van der Waals surface area contributed by atoms with Crippen LogP contribution < -0.4 is 10.1 Å². The van der Waals surface area contributed by atoms with Crippen LogP contribution >= 0.6 is 0 Å². The number of hydrogen-bond acceptors (Lipinski definition) is 2. The van der Waals surface area contributed by atoms with E-state index in [1.807, 2.05) is 19.1 Å². The summed E-state index contributed by atoms with van der Waals surface area (Å²) in [7, 11) is 1.70. The van der Waals surface area contributed by atoms with Crippen molar-refractivity contribution < 1.29 is 9.53 Å². The molecule has 1 heterocycles. The Morgan fingerprint density at radius 1 is 1.24 bits per heavy atom. The zero-order valence-corrected chi connectivity index (χ0v) is 12.8. The van der Waals surface area contributed by atoms with Gasteiger partial charge in [-0.2, -0.15) is 0 Å². The highest BCUT2D eigenvalue weighted by Crippen LogP contribution is 2.36. The van der Waals surface area contributed by atoms with Gasteiger partial charge in [0, 0.05) is 11.6 Å². The summed E-state index contributed by atoms with van der Waals surface area (Å²) in [5.74, 6) is 1.93. The first kappa shape index (κ1) is 14.2. The van der Waals surface area contributed by atoms with Crippen LogP contribution in [0.5, 0.6) is 5.75 Å². The highest BCUT2D eigenvalue weighted by atomic mass is 16.5. The van der Waals surface area contributed by atoms with Gasteiger partial charge in [0.05, 0.1) is 7.11 Å². The zero-order valence-electron chi connectivity index (χ0n) is 12.8. The molecule has 0 fully saturated rings. The van der Waals surface area contributed by atoms with Gasteiger partial charge in [-0.3, -0.25) is 4.79 Å². The van der Waals surface area contributed by atoms with E-state index in [1.165, 1.54) is 23.3 Å². The molecule has 21 heavy (non-hydrogen) atoms. The van der Waals surface area contributed by atoms with E-state index in [-0.39, 0.29) is 11.8 Å². The van der Waals surface area contributed by atoms with Crippen LogP contribution in [0.2, 0.25) is 0 Å². The number of carbonyl (C=O) groups is 1. The summed E-state index contributed by atoms with van der Waals surface area (Å²) in [4.78, 5) is 11.7. The Balaban J connectivity index is 1.65. The normalized spacial score (nSPS) is 25.3. The largest absolute Gasteiger partial charge is 0.497 e. The SMILES string of the molecule is COc1ccc(CC2CCC3=C(C2)CC(C)C(=O)N3)cc1. The lowest BCUT2D eigenvalue weighted by molar-refractivity contribution is -0.124. The maximum atomic E-state index is 11.7. The highest BCUT2D eigenvalue weighted by Gasteiger charge is 2.29. The Morgan fingerprint density at radius 3 is 2.71 bits per heavy atom. The summed E-state index contributed by atoms with van der Waals surface area (Å²) in [6.07, 6.45) is 5.38. The average molecular weight is 285 g/mol. The van der Waals surface area contributed by atoms with E-state index >= 15 is 0 Å². The van der Waals surface area contributed by atoms with Crippen LogP contribution in [0.3, 0.4) is 0 Å². The molecule has 0 radical (unpaired) electrons. The van der Waals surface area contributed by atoms with Crippen LogP contribution in [0.25, 0.3) is 0 Å². The molecule has 0 spiro atoms. The number of benzene rings is 1. The lowest BCUT2D eigenvalue weighted by Crippen LogP contribution is -2.36. The second kappa shape index (κ2) is 5.92. The van der Waals surface area contributed by atoms with Crippen molar-refractivity contribution in [1.82, 2.24) is 5.32 Å². The summed E-state index contributed by atoms with van der Waals surface area (Å²) in [6.45, 7) is 2.02. The van der Waals surface area contributed by atoms with Crippen molar-refractivity contribution in [3.63, 3.8) is 0 Å². The van der Waals surface area contributed by atoms with Gasteiger partial charge in [-0.25, -0.2) is 0 Å². The van der Waals surface area contributed by atoms with Crippen LogP contribution in [-0.4, -0.2) is 13.0 Å². The summed E-state index contributed by atoms with van der Waals surface area (Å²) in [6, 6.07) is 8.39. The first-order valence-electron chi connectivity index (χ1n) is 7.80. The van der Waals surface area contributed by atoms with Gasteiger partial charge in [-0.15, -0.1) is 0 Å². The van der Waals surface area contributed by atoms with E-state index in [0.29, 0.717) is 5.92 Å². The molecule has 3 nitrogen and oxygen atoms in total. The fourth-order valence-electron chi connectivity index (χ4n) is 3.46. The summed E-state index contributed by atoms with van der Waals surface area (Å²) < 4.78 is 5.20. The Morgan fingerprint density at radius 2 is 2.00 bits per heavy atom. The van der Waals surface area contributed by atoms with Gasteiger partial charge in [0.15, 0.2) is 0 Å². The standard InChI is InChI=1S/C18H23NO2/c1-12-9-15-11-14(5-8-17(15)19-18(12)20)10-13-3-6-16(21-2)7-4-13/h3-4,6-7,12,14H,5,8-11H2,1-2H3,(H,19,20). The number of hydrogen-bond donors (Lipinski definition) is 1. The minimum Gasteiger partial charge on any atom is -0.497 e. The number of nitrogens with one attached hydrogen (secondary N) is 1. The van der Waals surface area contributed by atoms with E-state index in [4.69, 9.17) is 4.74 Å². The molecule has 1 aromatic carbocycles. The molecule has 0 bridgehead atoms. The minimum absolute atomic E-state index is 0.128. The molecule has 0 aromatic heterocycles. The highest BCUT2D eigenvalue weighted by molar-refractivity contribution is 5.81. The van der Waals surface area contributed by atoms with Crippen LogP contribution in [0.4, 0.5) is 0 Å². The second-order valence-electron chi connectivity index (χ2n) is 6.34. The fraction of sp³-hybridized carbons (Fsp3) is 0.500. The van der Waals surface area contributed by atoms with Crippen LogP contribution in [0, 0.1) is 11.8 Å². The molecule has 3 heteroatoms. The van der Waals surface area contributed by atoms with Gasteiger partial charge in [0.2, 0.25) is 5.91 Å². The lowest BCUT2D eigenvalue weighted by atomic mass is 9.78. The number of rotatable bonds is 3. The van der Waals surface area contributed by atoms with Crippen molar-refractivity contribution in [2.45, 2.75) is 39.0 Å². The van der Waals surface area contributed by atoms with E-state index in [1.54, 1.807) is 7.11 Å². The maximum absolute atomic E-state index is 11.7. The smallest absolute Gasteiger partial charge is 0.227 e. The average Bonchev–Trinajstić information content (AvgIpc) is 2.49. The minimum atomic E-state index is 0.128. The molecule has 3 rings (SSSR count). The van der Waals surface area contributed by atoms with E-state index in [0.717, 1.165) is 31.4 Å². The fourth-order valence-corrected chi connectivity index (χ4v) is 3.46. The Labute approximate surface area is 126 Å². The molecule has 1 N–H and O–H groups in total. The van der Waals surface area contributed by atoms with E-state index in [9.17, 15) is 4.79 Å². The number of ether oxygens (including phenoxy) is 1. The van der Waals surface area contributed by atoms with Gasteiger partial charge in [0.1, 0.15) is 5.75 Å². The van der Waals surface area contributed by atoms with Crippen LogP contribution in [0.1, 0.15) is 38.2 Å². The first-order chi connectivity index (χ1) is 10.2. The predicted molar refractivity (Wildman–Crippen MR) is 83.0 cm³/mol. The van der Waals surface area contributed by atoms with E-state index in [2.05, 4.69) is 17.4 Å². The monoisotopic (exact) mass is 285 g/mol. The van der Waals surface area contributed by atoms with Gasteiger partial charge in [-0.05, 0) is 61.3 Å². The topological polar surface area (TPSA) is 38.3 Å². The maximum Gasteiger partial charge on any atom is 0.227 e. The van der Waals surface area contributed by atoms with Crippen molar-refractivity contribution in [3.8, 4) is 5.75 Å². The molecule has 0 saturated heterocycles. The molecule has 112 valence electrons. The third kappa shape index (κ3) is 3.12. The van der Waals surface area contributed by atoms with Crippen molar-refractivity contribution in [3.05, 3.63) is 41.1 Å². The van der Waals surface area contributed by atoms with Gasteiger partial charge < -0.3 is 10.1 Å². The van der Waals surface area contributed by atoms with Crippen LogP contribution in [-0.2, 0) is 11.2 Å². The molecule has 2 aliphatic rings. The van der Waals surface area contributed by atoms with E-state index < -0.39 is 0 Å². The predicted octanol–water partition coefficient (Wildman–Crippen LogP) is 3.45. The molecular formula is C18H23NO2. The summed E-state index contributed by atoms with van der Waals surface area (Å²) >= 11 is 0. The zero-order chi connectivity index (χ0) is 14.8. The molecule has 1 aromatic rings. The number of methoxy groups -OCH3 is 1. The first-order valence-corrected chi connectivity index (χ1v) is 7.80. The van der Waals surface area contributed by atoms with Crippen molar-refractivity contribution in [2.24, 2.45) is 11.8 Å². The van der Waals surface area contributed by atoms with Gasteiger partial charge in [0.25, 0.3) is 0 Å². The quantitative estimate of drug-likeness (QED) is 0.923. The third-order valence-electron chi connectivity index (χ3n) is 4.72. The Hall–Kier alpha value is -1.77. The second-order valence-corrected chi connectivity index (χ2v) is 6.34. The van der Waals surface area contributed by atoms with Crippen molar-refractivity contribution >= 4 is 5.91 Å². The molecule has 2 atom stereocenters. The number of amides is 1. The lowest BCUT2D eigenvalue weighted by Gasteiger charge is -2.32. The molecule has 1 aliphatic carbocycles. The molecule has 2 unspecified atom stereocenters. The molecule has 1 aliphatic heterocycles. The molecule has 1 amide bonds. The summed E-state index contributed by atoms with van der Waals surface area (Å²) in [5, 5.41) is 3.09. The Kier molecular flexibility index (Phi) is 4.00. The number of allylic oxidation sites excluding steroid dienone is 2. The van der Waals surface area contributed by atoms with Gasteiger partial charge >= 0.3 is 0 Å².